The first-order valence-corrected chi connectivity index (χ1v) is 8.08. The van der Waals surface area contributed by atoms with Gasteiger partial charge in [0.2, 0.25) is 0 Å². The molecule has 24 heavy (non-hydrogen) atoms. The Morgan fingerprint density at radius 1 is 0.917 bits per heavy atom. The van der Waals surface area contributed by atoms with Crippen molar-refractivity contribution < 1.29 is 9.59 Å². The lowest BCUT2D eigenvalue weighted by molar-refractivity contribution is -0.133. The number of hydrogen-bond acceptors (Lipinski definition) is 3. The summed E-state index contributed by atoms with van der Waals surface area (Å²) in [6, 6.07) is 14.7. The fourth-order valence-corrected chi connectivity index (χ4v) is 2.46. The van der Waals surface area contributed by atoms with Crippen LogP contribution >= 0.6 is 0 Å². The van der Waals surface area contributed by atoms with E-state index in [-0.39, 0.29) is 0 Å². The molecule has 0 saturated carbocycles. The summed E-state index contributed by atoms with van der Waals surface area (Å²) in [4.78, 5) is 26.3. The van der Waals surface area contributed by atoms with Crippen LogP contribution in [0, 0.1) is 6.92 Å². The molecule has 0 aliphatic rings. The summed E-state index contributed by atoms with van der Waals surface area (Å²) in [5, 5.41) is 5.23. The number of anilines is 3. The van der Waals surface area contributed by atoms with Gasteiger partial charge in [-0.15, -0.1) is 0 Å². The molecule has 2 aromatic rings. The molecule has 0 saturated heterocycles. The number of carbonyl (C=O) groups is 2. The standard InChI is InChI=1S/C19H23N3O2/c1-4-22(5-2)16-11-12-17(14(3)13-16)21-19(24)18(23)20-15-9-7-6-8-10-15/h6-13H,4-5H2,1-3H3,(H,20,23)(H,21,24). The second-order valence-corrected chi connectivity index (χ2v) is 5.45. The first-order chi connectivity index (χ1) is 11.5. The summed E-state index contributed by atoms with van der Waals surface area (Å²) in [7, 11) is 0. The van der Waals surface area contributed by atoms with E-state index in [9.17, 15) is 9.59 Å². The average Bonchev–Trinajstić information content (AvgIpc) is 2.59. The van der Waals surface area contributed by atoms with Crippen LogP contribution in [0.3, 0.4) is 0 Å². The lowest BCUT2D eigenvalue weighted by Crippen LogP contribution is -2.29. The monoisotopic (exact) mass is 325 g/mol. The van der Waals surface area contributed by atoms with Crippen LogP contribution < -0.4 is 15.5 Å². The van der Waals surface area contributed by atoms with Gasteiger partial charge in [-0.25, -0.2) is 0 Å². The van der Waals surface area contributed by atoms with E-state index in [4.69, 9.17) is 0 Å². The Morgan fingerprint density at radius 2 is 1.54 bits per heavy atom. The average molecular weight is 325 g/mol. The maximum absolute atomic E-state index is 12.1. The lowest BCUT2D eigenvalue weighted by atomic mass is 10.1. The first-order valence-electron chi connectivity index (χ1n) is 8.08. The molecule has 0 radical (unpaired) electrons. The minimum Gasteiger partial charge on any atom is -0.372 e. The van der Waals surface area contributed by atoms with Gasteiger partial charge in [-0.05, 0) is 56.7 Å². The zero-order valence-electron chi connectivity index (χ0n) is 14.3. The Hall–Kier alpha value is -2.82. The molecule has 0 spiro atoms. The fourth-order valence-electron chi connectivity index (χ4n) is 2.46. The van der Waals surface area contributed by atoms with Gasteiger partial charge in [0, 0.05) is 30.2 Å². The van der Waals surface area contributed by atoms with Crippen LogP contribution in [0.25, 0.3) is 0 Å². The summed E-state index contributed by atoms with van der Waals surface area (Å²) in [6.07, 6.45) is 0. The van der Waals surface area contributed by atoms with Crippen LogP contribution in [0.15, 0.2) is 48.5 Å². The normalized spacial score (nSPS) is 10.1. The highest BCUT2D eigenvalue weighted by Gasteiger charge is 2.15. The molecule has 0 fully saturated rings. The van der Waals surface area contributed by atoms with Crippen molar-refractivity contribution in [2.45, 2.75) is 20.8 Å². The highest BCUT2D eigenvalue weighted by Crippen LogP contribution is 2.22. The zero-order valence-corrected chi connectivity index (χ0v) is 14.3. The topological polar surface area (TPSA) is 61.4 Å². The first kappa shape index (κ1) is 17.5. The predicted octanol–water partition coefficient (Wildman–Crippen LogP) is 3.42. The van der Waals surface area contributed by atoms with Crippen molar-refractivity contribution in [1.29, 1.82) is 0 Å². The second-order valence-electron chi connectivity index (χ2n) is 5.45. The minimum absolute atomic E-state index is 0.589. The van der Waals surface area contributed by atoms with Crippen molar-refractivity contribution in [1.82, 2.24) is 0 Å². The van der Waals surface area contributed by atoms with Gasteiger partial charge in [0.05, 0.1) is 0 Å². The fraction of sp³-hybridized carbons (Fsp3) is 0.263. The SMILES string of the molecule is CCN(CC)c1ccc(NC(=O)C(=O)Nc2ccccc2)c(C)c1. The number of hydrogen-bond donors (Lipinski definition) is 2. The van der Waals surface area contributed by atoms with Gasteiger partial charge in [0.25, 0.3) is 0 Å². The Morgan fingerprint density at radius 3 is 2.12 bits per heavy atom. The maximum Gasteiger partial charge on any atom is 0.314 e. The number of carbonyl (C=O) groups excluding carboxylic acids is 2. The molecule has 5 nitrogen and oxygen atoms in total. The molecule has 2 rings (SSSR count). The highest BCUT2D eigenvalue weighted by atomic mass is 16.2. The Kier molecular flexibility index (Phi) is 5.95. The van der Waals surface area contributed by atoms with Crippen molar-refractivity contribution in [2.24, 2.45) is 0 Å². The van der Waals surface area contributed by atoms with Gasteiger partial charge >= 0.3 is 11.8 Å². The summed E-state index contributed by atoms with van der Waals surface area (Å²) in [5.41, 5.74) is 3.25. The minimum atomic E-state index is -0.687. The molecule has 2 aromatic carbocycles. The molecule has 0 bridgehead atoms. The molecule has 0 unspecified atom stereocenters. The highest BCUT2D eigenvalue weighted by molar-refractivity contribution is 6.43. The summed E-state index contributed by atoms with van der Waals surface area (Å²) < 4.78 is 0. The Balaban J connectivity index is 2.04. The Labute approximate surface area is 142 Å². The molecule has 0 aromatic heterocycles. The molecule has 2 N–H and O–H groups in total. The maximum atomic E-state index is 12.1. The van der Waals surface area contributed by atoms with Crippen LogP contribution in [0.5, 0.6) is 0 Å². The van der Waals surface area contributed by atoms with Crippen molar-refractivity contribution >= 4 is 28.9 Å². The van der Waals surface area contributed by atoms with Crippen LogP contribution in [0.2, 0.25) is 0 Å². The van der Waals surface area contributed by atoms with E-state index >= 15 is 0 Å². The smallest absolute Gasteiger partial charge is 0.314 e. The van der Waals surface area contributed by atoms with E-state index in [2.05, 4.69) is 29.4 Å². The van der Waals surface area contributed by atoms with Crippen molar-refractivity contribution in [2.75, 3.05) is 28.6 Å². The van der Waals surface area contributed by atoms with E-state index in [1.54, 1.807) is 24.3 Å². The number of aryl methyl sites for hydroxylation is 1. The molecule has 0 heterocycles. The zero-order chi connectivity index (χ0) is 17.5. The third kappa shape index (κ3) is 4.35. The van der Waals surface area contributed by atoms with Gasteiger partial charge in [0.15, 0.2) is 0 Å². The molecule has 5 heteroatoms. The van der Waals surface area contributed by atoms with E-state index in [0.29, 0.717) is 11.4 Å². The number of nitrogens with one attached hydrogen (secondary N) is 2. The van der Waals surface area contributed by atoms with E-state index < -0.39 is 11.8 Å². The quantitative estimate of drug-likeness (QED) is 0.828. The van der Waals surface area contributed by atoms with Crippen molar-refractivity contribution in [3.05, 3.63) is 54.1 Å². The molecular formula is C19H23N3O2. The number of benzene rings is 2. The van der Waals surface area contributed by atoms with Gasteiger partial charge in [0.1, 0.15) is 0 Å². The van der Waals surface area contributed by atoms with Gasteiger partial charge in [-0.3, -0.25) is 9.59 Å². The van der Waals surface area contributed by atoms with Crippen molar-refractivity contribution in [3.63, 3.8) is 0 Å². The van der Waals surface area contributed by atoms with E-state index in [1.165, 1.54) is 0 Å². The summed E-state index contributed by atoms with van der Waals surface area (Å²) in [6.45, 7) is 7.95. The summed E-state index contributed by atoms with van der Waals surface area (Å²) in [5.74, 6) is -1.37. The molecule has 2 amide bonds. The third-order valence-corrected chi connectivity index (χ3v) is 3.82. The second kappa shape index (κ2) is 8.15. The predicted molar refractivity (Wildman–Crippen MR) is 98.4 cm³/mol. The van der Waals surface area contributed by atoms with Crippen LogP contribution in [-0.2, 0) is 9.59 Å². The number of para-hydroxylation sites is 1. The van der Waals surface area contributed by atoms with Crippen LogP contribution in [0.1, 0.15) is 19.4 Å². The van der Waals surface area contributed by atoms with E-state index in [1.807, 2.05) is 31.2 Å². The molecule has 126 valence electrons. The largest absolute Gasteiger partial charge is 0.372 e. The lowest BCUT2D eigenvalue weighted by Gasteiger charge is -2.22. The number of amides is 2. The number of rotatable bonds is 5. The molecular weight excluding hydrogens is 302 g/mol. The number of nitrogens with zero attached hydrogens (tertiary/aromatic N) is 1. The van der Waals surface area contributed by atoms with Crippen molar-refractivity contribution in [3.8, 4) is 0 Å². The Bertz CT molecular complexity index is 710. The summed E-state index contributed by atoms with van der Waals surface area (Å²) >= 11 is 0. The molecule has 0 atom stereocenters. The molecule has 0 aliphatic carbocycles. The van der Waals surface area contributed by atoms with Crippen LogP contribution in [0.4, 0.5) is 17.1 Å². The third-order valence-electron chi connectivity index (χ3n) is 3.82. The molecule has 0 aliphatic heterocycles. The van der Waals surface area contributed by atoms with E-state index in [0.717, 1.165) is 24.3 Å². The van der Waals surface area contributed by atoms with Gasteiger partial charge in [-0.1, -0.05) is 18.2 Å². The van der Waals surface area contributed by atoms with Crippen LogP contribution in [-0.4, -0.2) is 24.9 Å². The van der Waals surface area contributed by atoms with Gasteiger partial charge < -0.3 is 15.5 Å². The van der Waals surface area contributed by atoms with Gasteiger partial charge in [-0.2, -0.15) is 0 Å².